The van der Waals surface area contributed by atoms with E-state index in [2.05, 4.69) is 0 Å². The second-order valence-corrected chi connectivity index (χ2v) is 4.09. The molecule has 14 heavy (non-hydrogen) atoms. The van der Waals surface area contributed by atoms with E-state index in [0.29, 0.717) is 0 Å². The lowest BCUT2D eigenvalue weighted by Gasteiger charge is -2.08. The zero-order valence-corrected chi connectivity index (χ0v) is 8.39. The van der Waals surface area contributed by atoms with Crippen LogP contribution in [0.1, 0.15) is 29.5 Å². The average Bonchev–Trinajstić information content (AvgIpc) is 2.28. The molecule has 1 unspecified atom stereocenters. The van der Waals surface area contributed by atoms with E-state index in [0.717, 1.165) is 36.8 Å². The van der Waals surface area contributed by atoms with Crippen LogP contribution in [0.5, 0.6) is 0 Å². The van der Waals surface area contributed by atoms with Crippen molar-refractivity contribution in [1.82, 2.24) is 0 Å². The van der Waals surface area contributed by atoms with Crippen molar-refractivity contribution >= 4 is 0 Å². The van der Waals surface area contributed by atoms with Crippen LogP contribution >= 0.6 is 0 Å². The van der Waals surface area contributed by atoms with Crippen molar-refractivity contribution in [2.75, 3.05) is 0 Å². The number of benzene rings is 1. The SMILES string of the molecule is Cc1cc(F)cc2c1CCC(O)CC2. The van der Waals surface area contributed by atoms with E-state index in [9.17, 15) is 9.50 Å². The molecule has 76 valence electrons. The Kier molecular flexibility index (Phi) is 2.55. The molecule has 1 aliphatic carbocycles. The third-order valence-corrected chi connectivity index (χ3v) is 3.00. The summed E-state index contributed by atoms with van der Waals surface area (Å²) in [6.45, 7) is 1.94. The molecule has 1 atom stereocenters. The van der Waals surface area contributed by atoms with Crippen molar-refractivity contribution in [1.29, 1.82) is 0 Å². The van der Waals surface area contributed by atoms with E-state index in [1.165, 1.54) is 5.56 Å². The zero-order valence-electron chi connectivity index (χ0n) is 8.39. The predicted octanol–water partition coefficient (Wildman–Crippen LogP) is 2.37. The fourth-order valence-electron chi connectivity index (χ4n) is 2.20. The van der Waals surface area contributed by atoms with Crippen LogP contribution in [0.15, 0.2) is 12.1 Å². The molecule has 1 aromatic carbocycles. The summed E-state index contributed by atoms with van der Waals surface area (Å²) < 4.78 is 13.1. The number of halogens is 1. The molecule has 0 spiro atoms. The fourth-order valence-corrected chi connectivity index (χ4v) is 2.20. The van der Waals surface area contributed by atoms with Crippen LogP contribution in [0.3, 0.4) is 0 Å². The Hall–Kier alpha value is -0.890. The van der Waals surface area contributed by atoms with Gasteiger partial charge in [-0.3, -0.25) is 0 Å². The molecule has 2 rings (SSSR count). The standard InChI is InChI=1S/C12H15FO/c1-8-6-10(13)7-9-2-3-11(14)4-5-12(8)9/h6-7,11,14H,2-5H2,1H3. The molecule has 1 N–H and O–H groups in total. The molecule has 2 heteroatoms. The van der Waals surface area contributed by atoms with E-state index in [1.807, 2.05) is 6.92 Å². The van der Waals surface area contributed by atoms with Gasteiger partial charge < -0.3 is 5.11 Å². The highest BCUT2D eigenvalue weighted by molar-refractivity contribution is 5.36. The van der Waals surface area contributed by atoms with Crippen LogP contribution < -0.4 is 0 Å². The molecule has 0 saturated heterocycles. The van der Waals surface area contributed by atoms with Gasteiger partial charge in [0.25, 0.3) is 0 Å². The third-order valence-electron chi connectivity index (χ3n) is 3.00. The Labute approximate surface area is 83.6 Å². The number of aliphatic hydroxyl groups excluding tert-OH is 1. The lowest BCUT2D eigenvalue weighted by Crippen LogP contribution is -2.05. The molecule has 0 fully saturated rings. The summed E-state index contributed by atoms with van der Waals surface area (Å²) in [6, 6.07) is 3.19. The average molecular weight is 194 g/mol. The zero-order chi connectivity index (χ0) is 10.1. The number of hydrogen-bond donors (Lipinski definition) is 1. The maximum atomic E-state index is 13.1. The molecular weight excluding hydrogens is 179 g/mol. The van der Waals surface area contributed by atoms with Crippen LogP contribution in [0.25, 0.3) is 0 Å². The summed E-state index contributed by atoms with van der Waals surface area (Å²) in [5, 5.41) is 9.53. The van der Waals surface area contributed by atoms with E-state index >= 15 is 0 Å². The maximum absolute atomic E-state index is 13.1. The lowest BCUT2D eigenvalue weighted by molar-refractivity contribution is 0.158. The maximum Gasteiger partial charge on any atom is 0.123 e. The first-order valence-electron chi connectivity index (χ1n) is 5.13. The Balaban J connectivity index is 2.40. The molecule has 0 bridgehead atoms. The van der Waals surface area contributed by atoms with Gasteiger partial charge in [-0.05, 0) is 61.4 Å². The van der Waals surface area contributed by atoms with Crippen LogP contribution in [0.4, 0.5) is 4.39 Å². The van der Waals surface area contributed by atoms with Gasteiger partial charge in [-0.2, -0.15) is 0 Å². The topological polar surface area (TPSA) is 20.2 Å². The van der Waals surface area contributed by atoms with Crippen molar-refractivity contribution < 1.29 is 9.50 Å². The molecule has 0 radical (unpaired) electrons. The van der Waals surface area contributed by atoms with Crippen molar-refractivity contribution in [3.05, 3.63) is 34.6 Å². The molecule has 0 heterocycles. The predicted molar refractivity (Wildman–Crippen MR) is 53.8 cm³/mol. The van der Waals surface area contributed by atoms with Gasteiger partial charge in [0.15, 0.2) is 0 Å². The van der Waals surface area contributed by atoms with Crippen LogP contribution in [0.2, 0.25) is 0 Å². The van der Waals surface area contributed by atoms with Crippen LogP contribution in [0, 0.1) is 12.7 Å². The highest BCUT2D eigenvalue weighted by Crippen LogP contribution is 2.24. The van der Waals surface area contributed by atoms with Gasteiger partial charge in [0, 0.05) is 0 Å². The molecular formula is C12H15FO. The minimum absolute atomic E-state index is 0.155. The summed E-state index contributed by atoms with van der Waals surface area (Å²) in [5.41, 5.74) is 3.34. The van der Waals surface area contributed by atoms with E-state index in [4.69, 9.17) is 0 Å². The van der Waals surface area contributed by atoms with Gasteiger partial charge in [-0.1, -0.05) is 0 Å². The van der Waals surface area contributed by atoms with E-state index in [1.54, 1.807) is 12.1 Å². The van der Waals surface area contributed by atoms with E-state index < -0.39 is 0 Å². The van der Waals surface area contributed by atoms with Crippen LogP contribution in [-0.4, -0.2) is 11.2 Å². The van der Waals surface area contributed by atoms with Gasteiger partial charge in [0.2, 0.25) is 0 Å². The van der Waals surface area contributed by atoms with Crippen molar-refractivity contribution in [2.45, 2.75) is 38.7 Å². The summed E-state index contributed by atoms with van der Waals surface area (Å²) in [4.78, 5) is 0. The number of aryl methyl sites for hydroxylation is 2. The second-order valence-electron chi connectivity index (χ2n) is 4.09. The fraction of sp³-hybridized carbons (Fsp3) is 0.500. The normalized spacial score (nSPS) is 21.5. The Morgan fingerprint density at radius 2 is 2.00 bits per heavy atom. The molecule has 0 aliphatic heterocycles. The van der Waals surface area contributed by atoms with Crippen molar-refractivity contribution in [3.63, 3.8) is 0 Å². The number of fused-ring (bicyclic) bond motifs is 1. The second kappa shape index (κ2) is 3.70. The summed E-state index contributed by atoms with van der Waals surface area (Å²) >= 11 is 0. The Morgan fingerprint density at radius 3 is 2.79 bits per heavy atom. The van der Waals surface area contributed by atoms with E-state index in [-0.39, 0.29) is 11.9 Å². The third kappa shape index (κ3) is 1.80. The molecule has 0 saturated carbocycles. The smallest absolute Gasteiger partial charge is 0.123 e. The van der Waals surface area contributed by atoms with Gasteiger partial charge in [0.05, 0.1) is 6.10 Å². The minimum atomic E-state index is -0.218. The quantitative estimate of drug-likeness (QED) is 0.629. The molecule has 1 aromatic rings. The lowest BCUT2D eigenvalue weighted by atomic mass is 9.98. The minimum Gasteiger partial charge on any atom is -0.393 e. The summed E-state index contributed by atoms with van der Waals surface area (Å²) in [7, 11) is 0. The first-order chi connectivity index (χ1) is 6.66. The number of aliphatic hydroxyl groups is 1. The Morgan fingerprint density at radius 1 is 1.29 bits per heavy atom. The first-order valence-corrected chi connectivity index (χ1v) is 5.13. The highest BCUT2D eigenvalue weighted by Gasteiger charge is 2.16. The van der Waals surface area contributed by atoms with Gasteiger partial charge in [-0.25, -0.2) is 4.39 Å². The highest BCUT2D eigenvalue weighted by atomic mass is 19.1. The van der Waals surface area contributed by atoms with Gasteiger partial charge >= 0.3 is 0 Å². The van der Waals surface area contributed by atoms with Gasteiger partial charge in [0.1, 0.15) is 5.82 Å². The molecule has 0 amide bonds. The Bertz CT molecular complexity index is 346. The molecule has 0 aromatic heterocycles. The number of rotatable bonds is 0. The van der Waals surface area contributed by atoms with Crippen molar-refractivity contribution in [2.24, 2.45) is 0 Å². The molecule has 1 aliphatic rings. The largest absolute Gasteiger partial charge is 0.393 e. The molecule has 1 nitrogen and oxygen atoms in total. The summed E-state index contributed by atoms with van der Waals surface area (Å²) in [5.74, 6) is -0.155. The van der Waals surface area contributed by atoms with Gasteiger partial charge in [-0.15, -0.1) is 0 Å². The number of hydrogen-bond acceptors (Lipinski definition) is 1. The van der Waals surface area contributed by atoms with Crippen molar-refractivity contribution in [3.8, 4) is 0 Å². The summed E-state index contributed by atoms with van der Waals surface area (Å²) in [6.07, 6.45) is 3.03. The van der Waals surface area contributed by atoms with Crippen LogP contribution in [-0.2, 0) is 12.8 Å². The first kappa shape index (κ1) is 9.66. The monoisotopic (exact) mass is 194 g/mol.